The van der Waals surface area contributed by atoms with Gasteiger partial charge in [-0.2, -0.15) is 4.31 Å². The van der Waals surface area contributed by atoms with Gasteiger partial charge in [0.2, 0.25) is 10.0 Å². The highest BCUT2D eigenvalue weighted by atomic mass is 79.9. The van der Waals surface area contributed by atoms with Crippen molar-refractivity contribution in [1.82, 2.24) is 9.21 Å². The maximum absolute atomic E-state index is 12.8. The van der Waals surface area contributed by atoms with Crippen molar-refractivity contribution in [2.75, 3.05) is 26.2 Å². The van der Waals surface area contributed by atoms with Crippen molar-refractivity contribution in [1.29, 1.82) is 0 Å². The van der Waals surface area contributed by atoms with Gasteiger partial charge in [0.05, 0.1) is 4.90 Å². The Morgan fingerprint density at radius 3 is 2.48 bits per heavy atom. The summed E-state index contributed by atoms with van der Waals surface area (Å²) in [7, 11) is -3.38. The third kappa shape index (κ3) is 3.18. The molecule has 2 saturated heterocycles. The van der Waals surface area contributed by atoms with Gasteiger partial charge in [0, 0.05) is 23.6 Å². The third-order valence-corrected chi connectivity index (χ3v) is 7.36. The zero-order valence-electron chi connectivity index (χ0n) is 12.0. The van der Waals surface area contributed by atoms with Crippen molar-refractivity contribution in [3.8, 4) is 0 Å². The quantitative estimate of drug-likeness (QED) is 0.818. The number of halogens is 1. The summed E-state index contributed by atoms with van der Waals surface area (Å²) in [5, 5.41) is 0. The van der Waals surface area contributed by atoms with Gasteiger partial charge in [-0.05, 0) is 60.4 Å². The summed E-state index contributed by atoms with van der Waals surface area (Å²) in [4.78, 5) is 2.85. The molecule has 1 atom stereocenters. The van der Waals surface area contributed by atoms with Crippen molar-refractivity contribution >= 4 is 26.0 Å². The van der Waals surface area contributed by atoms with Gasteiger partial charge < -0.3 is 0 Å². The third-order valence-electron chi connectivity index (χ3n) is 4.49. The minimum Gasteiger partial charge on any atom is -0.299 e. The zero-order chi connectivity index (χ0) is 14.9. The van der Waals surface area contributed by atoms with Gasteiger partial charge in [-0.15, -0.1) is 0 Å². The van der Waals surface area contributed by atoms with Gasteiger partial charge >= 0.3 is 0 Å². The van der Waals surface area contributed by atoms with E-state index in [0.717, 1.165) is 19.5 Å². The van der Waals surface area contributed by atoms with E-state index in [9.17, 15) is 8.42 Å². The molecule has 21 heavy (non-hydrogen) atoms. The fourth-order valence-electron chi connectivity index (χ4n) is 3.30. The van der Waals surface area contributed by atoms with Crippen LogP contribution in [0.5, 0.6) is 0 Å². The largest absolute Gasteiger partial charge is 0.299 e. The fraction of sp³-hybridized carbons (Fsp3) is 0.600. The summed E-state index contributed by atoms with van der Waals surface area (Å²) in [5.41, 5.74) is 0. The summed E-state index contributed by atoms with van der Waals surface area (Å²) in [6, 6.07) is 7.46. The molecule has 2 aliphatic heterocycles. The molecule has 0 radical (unpaired) electrons. The molecule has 0 N–H and O–H groups in total. The first-order valence-corrected chi connectivity index (χ1v) is 9.81. The van der Waals surface area contributed by atoms with E-state index >= 15 is 0 Å². The second-order valence-corrected chi connectivity index (χ2v) is 8.59. The molecule has 3 rings (SSSR count). The van der Waals surface area contributed by atoms with Crippen LogP contribution in [0, 0.1) is 0 Å². The van der Waals surface area contributed by atoms with Crippen LogP contribution >= 0.6 is 15.9 Å². The lowest BCUT2D eigenvalue weighted by Crippen LogP contribution is -2.41. The molecule has 6 heteroatoms. The molecule has 1 aromatic rings. The molecule has 2 fully saturated rings. The van der Waals surface area contributed by atoms with Crippen LogP contribution in [0.25, 0.3) is 0 Å². The van der Waals surface area contributed by atoms with E-state index in [-0.39, 0.29) is 0 Å². The average molecular weight is 373 g/mol. The van der Waals surface area contributed by atoms with Gasteiger partial charge in [0.25, 0.3) is 0 Å². The Morgan fingerprint density at radius 2 is 1.76 bits per heavy atom. The highest BCUT2D eigenvalue weighted by Crippen LogP contribution is 2.29. The second-order valence-electron chi connectivity index (χ2n) is 5.83. The minimum atomic E-state index is -3.38. The predicted molar refractivity (Wildman–Crippen MR) is 86.7 cm³/mol. The van der Waals surface area contributed by atoms with E-state index in [1.54, 1.807) is 22.5 Å². The van der Waals surface area contributed by atoms with Crippen molar-refractivity contribution in [2.24, 2.45) is 0 Å². The van der Waals surface area contributed by atoms with E-state index in [1.165, 1.54) is 19.3 Å². The topological polar surface area (TPSA) is 40.6 Å². The van der Waals surface area contributed by atoms with Crippen molar-refractivity contribution < 1.29 is 8.42 Å². The van der Waals surface area contributed by atoms with E-state index < -0.39 is 10.0 Å². The lowest BCUT2D eigenvalue weighted by Gasteiger charge is -2.32. The monoisotopic (exact) mass is 372 g/mol. The number of likely N-dealkylation sites (tertiary alicyclic amines) is 1. The number of benzene rings is 1. The van der Waals surface area contributed by atoms with Crippen LogP contribution in [-0.2, 0) is 10.0 Å². The van der Waals surface area contributed by atoms with Crippen LogP contribution < -0.4 is 0 Å². The molecule has 0 aliphatic carbocycles. The molecular formula is C15H21BrN2O2S. The lowest BCUT2D eigenvalue weighted by atomic mass is 10.1. The van der Waals surface area contributed by atoms with E-state index in [0.29, 0.717) is 28.5 Å². The Kier molecular flexibility index (Phi) is 4.69. The second kappa shape index (κ2) is 6.36. The zero-order valence-corrected chi connectivity index (χ0v) is 14.4. The Labute approximate surface area is 135 Å². The summed E-state index contributed by atoms with van der Waals surface area (Å²) in [6.45, 7) is 3.50. The van der Waals surface area contributed by atoms with Crippen LogP contribution in [0.15, 0.2) is 33.6 Å². The van der Waals surface area contributed by atoms with E-state index in [4.69, 9.17) is 0 Å². The van der Waals surface area contributed by atoms with Crippen LogP contribution in [0.1, 0.15) is 25.7 Å². The fourth-order valence-corrected chi connectivity index (χ4v) is 5.76. The number of nitrogens with zero attached hydrogens (tertiary/aromatic N) is 2. The summed E-state index contributed by atoms with van der Waals surface area (Å²) < 4.78 is 27.8. The highest BCUT2D eigenvalue weighted by molar-refractivity contribution is 9.10. The first kappa shape index (κ1) is 15.5. The minimum absolute atomic E-state index is 0.379. The molecule has 2 aliphatic rings. The highest BCUT2D eigenvalue weighted by Gasteiger charge is 2.36. The first-order chi connectivity index (χ1) is 10.1. The molecule has 1 unspecified atom stereocenters. The Balaban J connectivity index is 1.74. The van der Waals surface area contributed by atoms with Crippen LogP contribution in [0.3, 0.4) is 0 Å². The molecule has 0 bridgehead atoms. The van der Waals surface area contributed by atoms with Crippen molar-refractivity contribution in [3.63, 3.8) is 0 Å². The first-order valence-electron chi connectivity index (χ1n) is 7.58. The standard InChI is InChI=1S/C15H21BrN2O2S/c16-14-6-2-3-7-15(14)21(19,20)18-11-8-13(12-18)17-9-4-1-5-10-17/h2-3,6-7,13H,1,4-5,8-12H2. The molecule has 116 valence electrons. The summed E-state index contributed by atoms with van der Waals surface area (Å²) >= 11 is 3.35. The molecular weight excluding hydrogens is 352 g/mol. The number of piperidine rings is 1. The molecule has 0 amide bonds. The van der Waals surface area contributed by atoms with Gasteiger partial charge in [0.1, 0.15) is 0 Å². The molecule has 2 heterocycles. The molecule has 4 nitrogen and oxygen atoms in total. The van der Waals surface area contributed by atoms with Gasteiger partial charge in [-0.3, -0.25) is 4.90 Å². The maximum atomic E-state index is 12.8. The average Bonchev–Trinajstić information content (AvgIpc) is 2.99. The maximum Gasteiger partial charge on any atom is 0.244 e. The van der Waals surface area contributed by atoms with Crippen molar-refractivity contribution in [3.05, 3.63) is 28.7 Å². The lowest BCUT2D eigenvalue weighted by molar-refractivity contribution is 0.169. The molecule has 0 spiro atoms. The molecule has 0 aromatic heterocycles. The normalized spacial score (nSPS) is 25.3. The van der Waals surface area contributed by atoms with Crippen LogP contribution in [-0.4, -0.2) is 49.8 Å². The number of hydrogen-bond acceptors (Lipinski definition) is 3. The van der Waals surface area contributed by atoms with E-state index in [2.05, 4.69) is 20.8 Å². The summed E-state index contributed by atoms with van der Waals surface area (Å²) in [5.74, 6) is 0. The number of sulfonamides is 1. The Bertz CT molecular complexity index is 599. The molecule has 1 aromatic carbocycles. The Hall–Kier alpha value is -0.430. The summed E-state index contributed by atoms with van der Waals surface area (Å²) in [6.07, 6.45) is 4.74. The van der Waals surface area contributed by atoms with Crippen molar-refractivity contribution in [2.45, 2.75) is 36.6 Å². The van der Waals surface area contributed by atoms with Crippen LogP contribution in [0.4, 0.5) is 0 Å². The number of rotatable bonds is 3. The number of hydrogen-bond donors (Lipinski definition) is 0. The van der Waals surface area contributed by atoms with E-state index in [1.807, 2.05) is 6.07 Å². The van der Waals surface area contributed by atoms with Crippen LogP contribution in [0.2, 0.25) is 0 Å². The van der Waals surface area contributed by atoms with Gasteiger partial charge in [-0.25, -0.2) is 8.42 Å². The SMILES string of the molecule is O=S(=O)(c1ccccc1Br)N1CCC(N2CCCCC2)C1. The predicted octanol–water partition coefficient (Wildman–Crippen LogP) is 2.70. The van der Waals surface area contributed by atoms with Gasteiger partial charge in [-0.1, -0.05) is 18.6 Å². The Morgan fingerprint density at radius 1 is 1.05 bits per heavy atom. The van der Waals surface area contributed by atoms with Gasteiger partial charge in [0.15, 0.2) is 0 Å². The molecule has 0 saturated carbocycles. The smallest absolute Gasteiger partial charge is 0.244 e.